The Morgan fingerprint density at radius 2 is 1.91 bits per heavy atom. The van der Waals surface area contributed by atoms with Crippen LogP contribution in [0.2, 0.25) is 0 Å². The molecule has 1 aliphatic heterocycles. The molecule has 0 spiro atoms. The van der Waals surface area contributed by atoms with E-state index in [2.05, 4.69) is 15.5 Å². The lowest BCUT2D eigenvalue weighted by Crippen LogP contribution is -2.41. The van der Waals surface area contributed by atoms with Crippen LogP contribution < -0.4 is 10.1 Å². The number of likely N-dealkylation sites (tertiary alicyclic amines) is 1. The number of nitrogens with one attached hydrogen (secondary N) is 1. The molecule has 3 aromatic rings. The minimum Gasteiger partial charge on any atom is -0.484 e. The van der Waals surface area contributed by atoms with E-state index in [0.717, 1.165) is 24.8 Å². The van der Waals surface area contributed by atoms with Gasteiger partial charge in [0.15, 0.2) is 6.61 Å². The van der Waals surface area contributed by atoms with Crippen molar-refractivity contribution in [3.8, 4) is 17.1 Å². The molecule has 0 radical (unpaired) electrons. The van der Waals surface area contributed by atoms with E-state index in [-0.39, 0.29) is 24.5 Å². The number of rotatable bonds is 7. The summed E-state index contributed by atoms with van der Waals surface area (Å²) in [5, 5.41) is 6.87. The van der Waals surface area contributed by atoms with Gasteiger partial charge in [0.2, 0.25) is 11.7 Å². The van der Waals surface area contributed by atoms with E-state index in [0.29, 0.717) is 36.1 Å². The molecule has 1 saturated heterocycles. The van der Waals surface area contributed by atoms with Gasteiger partial charge in [0.25, 0.3) is 11.8 Å². The highest BCUT2D eigenvalue weighted by Gasteiger charge is 2.32. The molecule has 0 bridgehead atoms. The summed E-state index contributed by atoms with van der Waals surface area (Å²) in [4.78, 5) is 31.1. The highest BCUT2D eigenvalue weighted by Crippen LogP contribution is 2.31. The van der Waals surface area contributed by atoms with Crippen LogP contribution in [0.25, 0.3) is 11.4 Å². The van der Waals surface area contributed by atoms with Crippen LogP contribution in [-0.2, 0) is 4.79 Å². The monoisotopic (exact) mass is 434 g/mol. The predicted molar refractivity (Wildman–Crippen MR) is 118 cm³/mol. The first kappa shape index (κ1) is 21.5. The molecule has 1 unspecified atom stereocenters. The van der Waals surface area contributed by atoms with E-state index in [1.807, 2.05) is 37.3 Å². The third-order valence-corrected chi connectivity index (χ3v) is 5.40. The van der Waals surface area contributed by atoms with Crippen molar-refractivity contribution in [1.29, 1.82) is 0 Å². The Hall–Kier alpha value is -3.68. The second-order valence-electron chi connectivity index (χ2n) is 7.59. The molecule has 166 valence electrons. The van der Waals surface area contributed by atoms with Gasteiger partial charge < -0.3 is 19.5 Å². The van der Waals surface area contributed by atoms with Crippen molar-refractivity contribution in [2.75, 3.05) is 19.7 Å². The smallest absolute Gasteiger partial charge is 0.261 e. The van der Waals surface area contributed by atoms with Crippen LogP contribution in [0.3, 0.4) is 0 Å². The van der Waals surface area contributed by atoms with Crippen molar-refractivity contribution >= 4 is 11.8 Å². The maximum absolute atomic E-state index is 12.9. The first-order valence-electron chi connectivity index (χ1n) is 10.8. The Bertz CT molecular complexity index is 1050. The third kappa shape index (κ3) is 4.96. The molecule has 2 aromatic carbocycles. The summed E-state index contributed by atoms with van der Waals surface area (Å²) >= 11 is 0. The fraction of sp³-hybridized carbons (Fsp3) is 0.333. The van der Waals surface area contributed by atoms with Crippen LogP contribution in [-0.4, -0.2) is 46.6 Å². The minimum absolute atomic E-state index is 0.0389. The lowest BCUT2D eigenvalue weighted by atomic mass is 10.0. The summed E-state index contributed by atoms with van der Waals surface area (Å²) in [6.45, 7) is 3.03. The predicted octanol–water partition coefficient (Wildman–Crippen LogP) is 3.62. The number of benzene rings is 2. The maximum Gasteiger partial charge on any atom is 0.261 e. The second-order valence-corrected chi connectivity index (χ2v) is 7.59. The Balaban J connectivity index is 1.45. The van der Waals surface area contributed by atoms with Gasteiger partial charge in [-0.05, 0) is 50.5 Å². The normalized spacial score (nSPS) is 15.9. The van der Waals surface area contributed by atoms with Gasteiger partial charge in [-0.3, -0.25) is 9.59 Å². The summed E-state index contributed by atoms with van der Waals surface area (Å²) in [7, 11) is 0. The lowest BCUT2D eigenvalue weighted by Gasteiger charge is -2.33. The molecule has 8 nitrogen and oxygen atoms in total. The summed E-state index contributed by atoms with van der Waals surface area (Å²) in [6.07, 6.45) is 2.66. The van der Waals surface area contributed by atoms with Crippen molar-refractivity contribution in [2.45, 2.75) is 32.2 Å². The number of hydrogen-bond donors (Lipinski definition) is 1. The van der Waals surface area contributed by atoms with Gasteiger partial charge in [0.1, 0.15) is 11.8 Å². The molecule has 0 aliphatic carbocycles. The Morgan fingerprint density at radius 3 is 2.66 bits per heavy atom. The van der Waals surface area contributed by atoms with Gasteiger partial charge in [0, 0.05) is 24.2 Å². The van der Waals surface area contributed by atoms with Gasteiger partial charge in [-0.1, -0.05) is 35.5 Å². The summed E-state index contributed by atoms with van der Waals surface area (Å²) in [5.41, 5.74) is 1.32. The fourth-order valence-corrected chi connectivity index (χ4v) is 3.75. The number of para-hydroxylation sites is 1. The van der Waals surface area contributed by atoms with E-state index in [9.17, 15) is 9.59 Å². The number of hydrogen-bond acceptors (Lipinski definition) is 6. The largest absolute Gasteiger partial charge is 0.484 e. The molecule has 4 rings (SSSR count). The number of nitrogens with zero attached hydrogens (tertiary/aromatic N) is 3. The van der Waals surface area contributed by atoms with Gasteiger partial charge in [-0.15, -0.1) is 0 Å². The van der Waals surface area contributed by atoms with E-state index in [1.165, 1.54) is 0 Å². The van der Waals surface area contributed by atoms with Crippen LogP contribution in [0.15, 0.2) is 59.1 Å². The number of amides is 2. The quantitative estimate of drug-likeness (QED) is 0.610. The molecule has 1 aliphatic rings. The topological polar surface area (TPSA) is 97.6 Å². The highest BCUT2D eigenvalue weighted by atomic mass is 16.5. The van der Waals surface area contributed by atoms with Crippen LogP contribution in [0.5, 0.6) is 5.75 Å². The third-order valence-electron chi connectivity index (χ3n) is 5.40. The van der Waals surface area contributed by atoms with Crippen LogP contribution in [0, 0.1) is 0 Å². The van der Waals surface area contributed by atoms with Crippen molar-refractivity contribution in [2.24, 2.45) is 0 Å². The van der Waals surface area contributed by atoms with Crippen LogP contribution in [0.1, 0.15) is 48.5 Å². The first-order valence-corrected chi connectivity index (χ1v) is 10.8. The van der Waals surface area contributed by atoms with Crippen LogP contribution >= 0.6 is 0 Å². The Labute approximate surface area is 186 Å². The van der Waals surface area contributed by atoms with E-state index >= 15 is 0 Å². The standard InChI is InChI=1S/C24H26N4O4/c1-2-25-23(30)18-13-11-17(12-14-18)22-26-24(32-27-22)20-10-6-7-15-28(20)21(29)16-31-19-8-4-3-5-9-19/h3-5,8-9,11-14,20H,2,6-7,10,15-16H2,1H3,(H,25,30). The van der Waals surface area contributed by atoms with E-state index < -0.39 is 0 Å². The molecule has 32 heavy (non-hydrogen) atoms. The molecule has 2 amide bonds. The number of piperidine rings is 1. The van der Waals surface area contributed by atoms with Crippen molar-refractivity contribution < 1.29 is 18.8 Å². The summed E-state index contributed by atoms with van der Waals surface area (Å²) in [6, 6.07) is 16.0. The number of ether oxygens (including phenoxy) is 1. The van der Waals surface area contributed by atoms with Gasteiger partial charge >= 0.3 is 0 Å². The molecule has 1 fully saturated rings. The second kappa shape index (κ2) is 10.1. The van der Waals surface area contributed by atoms with Gasteiger partial charge in [-0.25, -0.2) is 0 Å². The Kier molecular flexibility index (Phi) is 6.79. The van der Waals surface area contributed by atoms with Crippen molar-refractivity contribution in [3.63, 3.8) is 0 Å². The molecular weight excluding hydrogens is 408 g/mol. The van der Waals surface area contributed by atoms with Gasteiger partial charge in [-0.2, -0.15) is 4.98 Å². The van der Waals surface area contributed by atoms with Gasteiger partial charge in [0.05, 0.1) is 0 Å². The van der Waals surface area contributed by atoms with Crippen LogP contribution in [0.4, 0.5) is 0 Å². The zero-order valence-corrected chi connectivity index (χ0v) is 18.0. The number of carbonyl (C=O) groups is 2. The summed E-state index contributed by atoms with van der Waals surface area (Å²) in [5.74, 6) is 1.28. The summed E-state index contributed by atoms with van der Waals surface area (Å²) < 4.78 is 11.2. The highest BCUT2D eigenvalue weighted by molar-refractivity contribution is 5.94. The fourth-order valence-electron chi connectivity index (χ4n) is 3.75. The molecule has 1 aromatic heterocycles. The molecule has 8 heteroatoms. The molecule has 2 heterocycles. The SMILES string of the molecule is CCNC(=O)c1ccc(-c2noc(C3CCCCN3C(=O)COc3ccccc3)n2)cc1. The zero-order valence-electron chi connectivity index (χ0n) is 18.0. The Morgan fingerprint density at radius 1 is 1.12 bits per heavy atom. The molecular formula is C24H26N4O4. The molecule has 1 atom stereocenters. The first-order chi connectivity index (χ1) is 15.7. The van der Waals surface area contributed by atoms with Crippen molar-refractivity contribution in [3.05, 3.63) is 66.1 Å². The average molecular weight is 434 g/mol. The van der Waals surface area contributed by atoms with Crippen molar-refractivity contribution in [1.82, 2.24) is 20.4 Å². The molecule has 0 saturated carbocycles. The lowest BCUT2D eigenvalue weighted by molar-refractivity contribution is -0.138. The number of aromatic nitrogens is 2. The maximum atomic E-state index is 12.9. The average Bonchev–Trinajstić information content (AvgIpc) is 3.34. The molecule has 1 N–H and O–H groups in total. The zero-order chi connectivity index (χ0) is 22.3. The van der Waals surface area contributed by atoms with E-state index in [1.54, 1.807) is 29.2 Å². The number of carbonyl (C=O) groups excluding carboxylic acids is 2. The van der Waals surface area contributed by atoms with E-state index in [4.69, 9.17) is 9.26 Å². The minimum atomic E-state index is -0.272.